The van der Waals surface area contributed by atoms with E-state index in [-0.39, 0.29) is 11.9 Å². The number of halogens is 1. The van der Waals surface area contributed by atoms with Gasteiger partial charge in [0.2, 0.25) is 0 Å². The van der Waals surface area contributed by atoms with Gasteiger partial charge < -0.3 is 15.2 Å². The number of aliphatic hydroxyl groups is 1. The lowest BCUT2D eigenvalue weighted by atomic mass is 9.79. The number of nitrogens with one attached hydrogen (secondary N) is 1. The van der Waals surface area contributed by atoms with E-state index in [9.17, 15) is 9.90 Å². The molecule has 1 aliphatic carbocycles. The first-order valence-corrected chi connectivity index (χ1v) is 8.97. The molecular weight excluding hydrogens is 354 g/mol. The quantitative estimate of drug-likeness (QED) is 0.750. The van der Waals surface area contributed by atoms with Crippen molar-refractivity contribution in [1.29, 1.82) is 0 Å². The Morgan fingerprint density at radius 3 is 2.81 bits per heavy atom. The standard InChI is InChI=1S/C15H22BrNO3S/c1-2-20-14(18)11-5-7-15(19,8-6-11)10-17-9-12-3-4-13(16)21-12/h3-4,11,17,19H,2,5-10H2,1H3. The summed E-state index contributed by atoms with van der Waals surface area (Å²) < 4.78 is 6.17. The summed E-state index contributed by atoms with van der Waals surface area (Å²) in [5, 5.41) is 13.9. The minimum atomic E-state index is -0.697. The van der Waals surface area contributed by atoms with E-state index in [1.54, 1.807) is 11.3 Å². The van der Waals surface area contributed by atoms with Crippen LogP contribution in [0.3, 0.4) is 0 Å². The van der Waals surface area contributed by atoms with Crippen LogP contribution in [0.2, 0.25) is 0 Å². The Kier molecular flexibility index (Phi) is 6.22. The van der Waals surface area contributed by atoms with Gasteiger partial charge in [0.05, 0.1) is 21.9 Å². The summed E-state index contributed by atoms with van der Waals surface area (Å²) >= 11 is 5.14. The summed E-state index contributed by atoms with van der Waals surface area (Å²) in [5.41, 5.74) is -0.697. The third kappa shape index (κ3) is 5.06. The highest BCUT2D eigenvalue weighted by Crippen LogP contribution is 2.32. The molecule has 0 radical (unpaired) electrons. The maximum Gasteiger partial charge on any atom is 0.308 e. The predicted molar refractivity (Wildman–Crippen MR) is 87.3 cm³/mol. The molecule has 0 aromatic carbocycles. The molecule has 0 atom stereocenters. The van der Waals surface area contributed by atoms with E-state index >= 15 is 0 Å². The molecule has 118 valence electrons. The third-order valence-corrected chi connectivity index (χ3v) is 5.54. The van der Waals surface area contributed by atoms with Crippen LogP contribution in [0.5, 0.6) is 0 Å². The van der Waals surface area contributed by atoms with Crippen molar-refractivity contribution in [2.24, 2.45) is 5.92 Å². The Morgan fingerprint density at radius 1 is 1.52 bits per heavy atom. The Bertz CT molecular complexity index is 469. The summed E-state index contributed by atoms with van der Waals surface area (Å²) in [4.78, 5) is 12.9. The van der Waals surface area contributed by atoms with Gasteiger partial charge >= 0.3 is 5.97 Å². The Morgan fingerprint density at radius 2 is 2.24 bits per heavy atom. The van der Waals surface area contributed by atoms with Gasteiger partial charge in [-0.1, -0.05) is 0 Å². The Hall–Kier alpha value is -0.430. The number of carbonyl (C=O) groups excluding carboxylic acids is 1. The fraction of sp³-hybridized carbons (Fsp3) is 0.667. The summed E-state index contributed by atoms with van der Waals surface area (Å²) in [5.74, 6) is -0.158. The van der Waals surface area contributed by atoms with E-state index in [1.807, 2.05) is 13.0 Å². The molecule has 1 aromatic rings. The van der Waals surface area contributed by atoms with Crippen LogP contribution in [0.15, 0.2) is 15.9 Å². The molecule has 4 nitrogen and oxygen atoms in total. The lowest BCUT2D eigenvalue weighted by Gasteiger charge is -2.35. The molecule has 1 fully saturated rings. The molecule has 1 saturated carbocycles. The van der Waals surface area contributed by atoms with E-state index in [2.05, 4.69) is 27.3 Å². The summed E-state index contributed by atoms with van der Waals surface area (Å²) in [6, 6.07) is 4.10. The van der Waals surface area contributed by atoms with E-state index in [0.717, 1.165) is 10.3 Å². The van der Waals surface area contributed by atoms with E-state index in [0.29, 0.717) is 38.8 Å². The summed E-state index contributed by atoms with van der Waals surface area (Å²) in [6.45, 7) is 3.58. The van der Waals surface area contributed by atoms with Crippen LogP contribution >= 0.6 is 27.3 Å². The molecule has 0 aliphatic heterocycles. The second-order valence-electron chi connectivity index (χ2n) is 5.56. The van der Waals surface area contributed by atoms with Gasteiger partial charge in [0, 0.05) is 18.0 Å². The van der Waals surface area contributed by atoms with Gasteiger partial charge in [-0.3, -0.25) is 4.79 Å². The van der Waals surface area contributed by atoms with Crippen LogP contribution in [0.1, 0.15) is 37.5 Å². The molecular formula is C15H22BrNO3S. The Labute approximate surface area is 138 Å². The molecule has 0 bridgehead atoms. The number of rotatable bonds is 6. The average molecular weight is 376 g/mol. The zero-order valence-electron chi connectivity index (χ0n) is 12.2. The van der Waals surface area contributed by atoms with E-state index < -0.39 is 5.60 Å². The van der Waals surface area contributed by atoms with Gasteiger partial charge in [-0.05, 0) is 60.7 Å². The number of esters is 1. The highest BCUT2D eigenvalue weighted by atomic mass is 79.9. The van der Waals surface area contributed by atoms with Gasteiger partial charge in [-0.2, -0.15) is 0 Å². The fourth-order valence-corrected chi connectivity index (χ4v) is 4.15. The molecule has 1 aliphatic rings. The molecule has 0 unspecified atom stereocenters. The maximum absolute atomic E-state index is 11.7. The van der Waals surface area contributed by atoms with Crippen LogP contribution < -0.4 is 5.32 Å². The van der Waals surface area contributed by atoms with Crippen LogP contribution in [0, 0.1) is 5.92 Å². The SMILES string of the molecule is CCOC(=O)C1CCC(O)(CNCc2ccc(Br)s2)CC1. The van der Waals surface area contributed by atoms with E-state index in [1.165, 1.54) is 4.88 Å². The van der Waals surface area contributed by atoms with Crippen molar-refractivity contribution in [2.75, 3.05) is 13.2 Å². The fourth-order valence-electron chi connectivity index (χ4n) is 2.69. The second-order valence-corrected chi connectivity index (χ2v) is 8.11. The van der Waals surface area contributed by atoms with Gasteiger partial charge in [-0.15, -0.1) is 11.3 Å². The van der Waals surface area contributed by atoms with Gasteiger partial charge in [0.1, 0.15) is 0 Å². The smallest absolute Gasteiger partial charge is 0.308 e. The summed E-state index contributed by atoms with van der Waals surface area (Å²) in [7, 11) is 0. The Balaban J connectivity index is 1.73. The first kappa shape index (κ1) is 16.9. The third-order valence-electron chi connectivity index (χ3n) is 3.92. The minimum Gasteiger partial charge on any atom is -0.466 e. The van der Waals surface area contributed by atoms with Crippen molar-refractivity contribution in [3.63, 3.8) is 0 Å². The molecule has 0 saturated heterocycles. The number of thiophene rings is 1. The zero-order valence-corrected chi connectivity index (χ0v) is 14.6. The van der Waals surface area contributed by atoms with Crippen molar-refractivity contribution < 1.29 is 14.6 Å². The molecule has 1 heterocycles. The van der Waals surface area contributed by atoms with Crippen LogP contribution in [0.4, 0.5) is 0 Å². The minimum absolute atomic E-state index is 0.0431. The van der Waals surface area contributed by atoms with Gasteiger partial charge in [-0.25, -0.2) is 0 Å². The lowest BCUT2D eigenvalue weighted by molar-refractivity contribution is -0.151. The monoisotopic (exact) mass is 375 g/mol. The largest absolute Gasteiger partial charge is 0.466 e. The number of ether oxygens (including phenoxy) is 1. The molecule has 2 rings (SSSR count). The van der Waals surface area contributed by atoms with Crippen molar-refractivity contribution in [1.82, 2.24) is 5.32 Å². The second kappa shape index (κ2) is 7.72. The number of carbonyl (C=O) groups is 1. The van der Waals surface area contributed by atoms with Gasteiger partial charge in [0.25, 0.3) is 0 Å². The molecule has 0 amide bonds. The van der Waals surface area contributed by atoms with Crippen molar-refractivity contribution >= 4 is 33.2 Å². The topological polar surface area (TPSA) is 58.6 Å². The normalized spacial score (nSPS) is 25.8. The van der Waals surface area contributed by atoms with Crippen molar-refractivity contribution in [3.05, 3.63) is 20.8 Å². The lowest BCUT2D eigenvalue weighted by Crippen LogP contribution is -2.44. The average Bonchev–Trinajstić information content (AvgIpc) is 2.85. The highest BCUT2D eigenvalue weighted by molar-refractivity contribution is 9.11. The maximum atomic E-state index is 11.7. The zero-order chi connectivity index (χ0) is 15.3. The number of hydrogen-bond donors (Lipinski definition) is 2. The van der Waals surface area contributed by atoms with Crippen LogP contribution in [-0.2, 0) is 16.1 Å². The molecule has 2 N–H and O–H groups in total. The van der Waals surface area contributed by atoms with Crippen LogP contribution in [-0.4, -0.2) is 29.8 Å². The first-order chi connectivity index (χ1) is 10.0. The highest BCUT2D eigenvalue weighted by Gasteiger charge is 2.35. The first-order valence-electron chi connectivity index (χ1n) is 7.36. The van der Waals surface area contributed by atoms with E-state index in [4.69, 9.17) is 4.74 Å². The van der Waals surface area contributed by atoms with Crippen molar-refractivity contribution in [3.8, 4) is 0 Å². The molecule has 21 heavy (non-hydrogen) atoms. The molecule has 6 heteroatoms. The van der Waals surface area contributed by atoms with Crippen molar-refractivity contribution in [2.45, 2.75) is 44.8 Å². The molecule has 0 spiro atoms. The molecule has 1 aromatic heterocycles. The summed E-state index contributed by atoms with van der Waals surface area (Å²) in [6.07, 6.45) is 2.72. The van der Waals surface area contributed by atoms with Crippen LogP contribution in [0.25, 0.3) is 0 Å². The number of hydrogen-bond acceptors (Lipinski definition) is 5. The van der Waals surface area contributed by atoms with Gasteiger partial charge in [0.15, 0.2) is 0 Å². The predicted octanol–water partition coefficient (Wildman–Crippen LogP) is 3.08.